The summed E-state index contributed by atoms with van der Waals surface area (Å²) < 4.78 is 35.8. The second-order valence-electron chi connectivity index (χ2n) is 8.47. The lowest BCUT2D eigenvalue weighted by Crippen LogP contribution is -2.42. The molecule has 1 atom stereocenters. The first-order valence-electron chi connectivity index (χ1n) is 11.6. The van der Waals surface area contributed by atoms with Crippen LogP contribution >= 0.6 is 23.2 Å². The van der Waals surface area contributed by atoms with E-state index >= 15 is 0 Å². The Balaban J connectivity index is 1.59. The predicted octanol–water partition coefficient (Wildman–Crippen LogP) is 5.37. The largest absolute Gasteiger partial charge is 0.481 e. The molecule has 3 aromatic carbocycles. The second-order valence-corrected chi connectivity index (χ2v) is 11.1. The fourth-order valence-electron chi connectivity index (χ4n) is 3.98. The molecule has 4 aromatic rings. The molecular formula is C28H24Cl2N2O5S. The van der Waals surface area contributed by atoms with Crippen molar-refractivity contribution in [2.24, 2.45) is 0 Å². The monoisotopic (exact) mass is 570 g/mol. The van der Waals surface area contributed by atoms with E-state index in [2.05, 4.69) is 16.6 Å². The lowest BCUT2D eigenvalue weighted by molar-refractivity contribution is -0.138. The maximum absolute atomic E-state index is 13.0. The maximum atomic E-state index is 13.0. The molecule has 0 fully saturated rings. The minimum atomic E-state index is -4.13. The van der Waals surface area contributed by atoms with E-state index in [-0.39, 0.29) is 17.9 Å². The number of benzene rings is 3. The number of hydrogen-bond acceptors (Lipinski definition) is 4. The van der Waals surface area contributed by atoms with E-state index in [1.165, 1.54) is 24.3 Å². The van der Waals surface area contributed by atoms with Crippen LogP contribution < -0.4 is 9.46 Å². The van der Waals surface area contributed by atoms with Gasteiger partial charge in [-0.15, -0.1) is 5.92 Å². The summed E-state index contributed by atoms with van der Waals surface area (Å²) in [7, 11) is -4.13. The highest BCUT2D eigenvalue weighted by molar-refractivity contribution is 7.89. The van der Waals surface area contributed by atoms with Gasteiger partial charge >= 0.3 is 5.97 Å². The highest BCUT2D eigenvalue weighted by atomic mass is 35.5. The van der Waals surface area contributed by atoms with E-state index in [0.29, 0.717) is 27.9 Å². The van der Waals surface area contributed by atoms with Crippen molar-refractivity contribution in [2.45, 2.75) is 30.8 Å². The molecule has 2 N–H and O–H groups in total. The zero-order valence-corrected chi connectivity index (χ0v) is 22.6. The quantitative estimate of drug-likeness (QED) is 0.250. The number of sulfonamides is 1. The highest BCUT2D eigenvalue weighted by Crippen LogP contribution is 2.27. The number of carbonyl (C=O) groups is 1. The Kier molecular flexibility index (Phi) is 8.65. The van der Waals surface area contributed by atoms with Gasteiger partial charge in [0.15, 0.2) is 0 Å². The predicted molar refractivity (Wildman–Crippen MR) is 148 cm³/mol. The van der Waals surface area contributed by atoms with E-state index < -0.39 is 22.0 Å². The Morgan fingerprint density at radius 2 is 1.74 bits per heavy atom. The van der Waals surface area contributed by atoms with E-state index in [1.54, 1.807) is 31.2 Å². The van der Waals surface area contributed by atoms with Gasteiger partial charge in [-0.1, -0.05) is 41.3 Å². The lowest BCUT2D eigenvalue weighted by Gasteiger charge is -2.15. The Labute approximate surface area is 231 Å². The number of carboxylic acids is 1. The highest BCUT2D eigenvalue weighted by Gasteiger charge is 2.27. The number of aromatic nitrogens is 1. The average Bonchev–Trinajstić information content (AvgIpc) is 3.21. The molecule has 0 unspecified atom stereocenters. The van der Waals surface area contributed by atoms with Crippen LogP contribution in [0.5, 0.6) is 5.75 Å². The summed E-state index contributed by atoms with van der Waals surface area (Å²) in [5.41, 5.74) is 2.49. The standard InChI is InChI=1S/C28H24Cl2N2O5S/c1-2-3-14-37-23-9-11-24(12-10-23)38(35,36)31-26(28(33)34)15-20-18-32(17-19-4-6-21(29)7-5-19)27-13-8-22(30)16-25(20)27/h4-13,16,18,26,31H,14-15,17H2,1H3,(H,33,34)/t26-/m0/s1. The van der Waals surface area contributed by atoms with Gasteiger partial charge in [-0.3, -0.25) is 4.79 Å². The molecule has 0 aliphatic carbocycles. The molecule has 0 bridgehead atoms. The third kappa shape index (κ3) is 6.69. The molecule has 1 aromatic heterocycles. The smallest absolute Gasteiger partial charge is 0.322 e. The van der Waals surface area contributed by atoms with Crippen molar-refractivity contribution in [3.8, 4) is 17.6 Å². The Morgan fingerprint density at radius 3 is 2.39 bits per heavy atom. The summed E-state index contributed by atoms with van der Waals surface area (Å²) in [6.07, 6.45) is 1.74. The summed E-state index contributed by atoms with van der Waals surface area (Å²) in [6.45, 7) is 2.38. The molecule has 0 amide bonds. The van der Waals surface area contributed by atoms with Crippen molar-refractivity contribution in [3.63, 3.8) is 0 Å². The first kappa shape index (κ1) is 27.6. The summed E-state index contributed by atoms with van der Waals surface area (Å²) in [5, 5.41) is 11.8. The number of nitrogens with one attached hydrogen (secondary N) is 1. The van der Waals surface area contributed by atoms with E-state index in [4.69, 9.17) is 27.9 Å². The van der Waals surface area contributed by atoms with E-state index in [9.17, 15) is 18.3 Å². The topological polar surface area (TPSA) is 97.6 Å². The minimum Gasteiger partial charge on any atom is -0.481 e. The second kappa shape index (κ2) is 11.9. The van der Waals surface area contributed by atoms with Crippen LogP contribution in [0.1, 0.15) is 18.1 Å². The van der Waals surface area contributed by atoms with Crippen LogP contribution in [0.4, 0.5) is 0 Å². The Hall–Kier alpha value is -3.48. The minimum absolute atomic E-state index is 0.0779. The van der Waals surface area contributed by atoms with Gasteiger partial charge in [-0.05, 0) is 72.6 Å². The van der Waals surface area contributed by atoms with Crippen LogP contribution in [0.25, 0.3) is 10.9 Å². The van der Waals surface area contributed by atoms with Crippen LogP contribution in [-0.2, 0) is 27.8 Å². The average molecular weight is 571 g/mol. The maximum Gasteiger partial charge on any atom is 0.322 e. The van der Waals surface area contributed by atoms with Crippen molar-refractivity contribution in [3.05, 3.63) is 94.1 Å². The first-order chi connectivity index (χ1) is 18.2. The molecule has 4 rings (SSSR count). The number of fused-ring (bicyclic) bond motifs is 1. The lowest BCUT2D eigenvalue weighted by atomic mass is 10.1. The van der Waals surface area contributed by atoms with Crippen molar-refractivity contribution >= 4 is 50.1 Å². The fraction of sp³-hybridized carbons (Fsp3) is 0.179. The summed E-state index contributed by atoms with van der Waals surface area (Å²) in [5.74, 6) is 4.61. The van der Waals surface area contributed by atoms with Gasteiger partial charge in [0.2, 0.25) is 10.0 Å². The number of rotatable bonds is 10. The van der Waals surface area contributed by atoms with Crippen LogP contribution in [0.3, 0.4) is 0 Å². The van der Waals surface area contributed by atoms with Crippen molar-refractivity contribution in [1.29, 1.82) is 0 Å². The Bertz CT molecular complexity index is 1620. The molecule has 1 heterocycles. The number of aliphatic carboxylic acids is 1. The zero-order chi connectivity index (χ0) is 27.3. The van der Waals surface area contributed by atoms with Gasteiger partial charge in [0, 0.05) is 40.1 Å². The van der Waals surface area contributed by atoms with Gasteiger partial charge in [0.1, 0.15) is 18.4 Å². The molecule has 38 heavy (non-hydrogen) atoms. The van der Waals surface area contributed by atoms with E-state index in [0.717, 1.165) is 16.5 Å². The van der Waals surface area contributed by atoms with Crippen LogP contribution in [0.15, 0.2) is 77.8 Å². The molecule has 0 aliphatic rings. The van der Waals surface area contributed by atoms with Crippen LogP contribution in [-0.4, -0.2) is 36.7 Å². The van der Waals surface area contributed by atoms with Crippen LogP contribution in [0, 0.1) is 11.8 Å². The van der Waals surface area contributed by atoms with Gasteiger partial charge in [0.05, 0.1) is 4.90 Å². The number of halogens is 2. The van der Waals surface area contributed by atoms with Crippen molar-refractivity contribution in [2.75, 3.05) is 6.61 Å². The summed E-state index contributed by atoms with van der Waals surface area (Å²) >= 11 is 12.3. The third-order valence-corrected chi connectivity index (χ3v) is 7.81. The van der Waals surface area contributed by atoms with Crippen molar-refractivity contribution < 1.29 is 23.1 Å². The first-order valence-corrected chi connectivity index (χ1v) is 13.8. The number of nitrogens with zero attached hydrogens (tertiary/aromatic N) is 1. The molecule has 10 heteroatoms. The molecule has 0 saturated heterocycles. The Morgan fingerprint density at radius 1 is 1.05 bits per heavy atom. The normalized spacial score (nSPS) is 12.1. The molecule has 7 nitrogen and oxygen atoms in total. The number of carboxylic acid groups (broad SMARTS) is 1. The molecule has 0 spiro atoms. The molecule has 0 radical (unpaired) electrons. The van der Waals surface area contributed by atoms with Crippen molar-refractivity contribution in [1.82, 2.24) is 9.29 Å². The fourth-order valence-corrected chi connectivity index (χ4v) is 5.47. The third-order valence-electron chi connectivity index (χ3n) is 5.83. The summed E-state index contributed by atoms with van der Waals surface area (Å²) in [4.78, 5) is 12.1. The molecule has 196 valence electrons. The van der Waals surface area contributed by atoms with Gasteiger partial charge in [-0.2, -0.15) is 4.72 Å². The summed E-state index contributed by atoms with van der Waals surface area (Å²) in [6, 6.07) is 17.1. The number of hydrogen-bond donors (Lipinski definition) is 2. The molecular weight excluding hydrogens is 547 g/mol. The van der Waals surface area contributed by atoms with Crippen LogP contribution in [0.2, 0.25) is 10.0 Å². The van der Waals surface area contributed by atoms with Gasteiger partial charge in [0.25, 0.3) is 0 Å². The molecule has 0 saturated carbocycles. The van der Waals surface area contributed by atoms with Gasteiger partial charge in [-0.25, -0.2) is 8.42 Å². The number of ether oxygens (including phenoxy) is 1. The van der Waals surface area contributed by atoms with Gasteiger partial charge < -0.3 is 14.4 Å². The SMILES string of the molecule is CC#CCOc1ccc(S(=O)(=O)N[C@@H](Cc2cn(Cc3ccc(Cl)cc3)c3ccc(Cl)cc23)C(=O)O)cc1. The molecule has 0 aliphatic heterocycles. The zero-order valence-electron chi connectivity index (χ0n) is 20.3. The van der Waals surface area contributed by atoms with E-state index in [1.807, 2.05) is 29.0 Å².